The third kappa shape index (κ3) is 1.95. The van der Waals surface area contributed by atoms with Gasteiger partial charge < -0.3 is 5.73 Å². The molecule has 0 saturated heterocycles. The highest BCUT2D eigenvalue weighted by Crippen LogP contribution is 2.16. The van der Waals surface area contributed by atoms with Crippen molar-refractivity contribution in [1.82, 2.24) is 0 Å². The van der Waals surface area contributed by atoms with Crippen LogP contribution in [0.1, 0.15) is 18.1 Å². The molecule has 0 unspecified atom stereocenters. The highest BCUT2D eigenvalue weighted by molar-refractivity contribution is 6.31. The smallest absolute Gasteiger partial charge is 0.0451 e. The van der Waals surface area contributed by atoms with Crippen molar-refractivity contribution in [3.05, 3.63) is 34.3 Å². The van der Waals surface area contributed by atoms with E-state index in [-0.39, 0.29) is 0 Å². The molecule has 0 aromatic heterocycles. The van der Waals surface area contributed by atoms with Crippen LogP contribution >= 0.6 is 11.6 Å². The van der Waals surface area contributed by atoms with Crippen molar-refractivity contribution in [2.45, 2.75) is 19.9 Å². The SMILES string of the molecule is CCc1ccc(Cl)c(CN)c1. The molecule has 60 valence electrons. The van der Waals surface area contributed by atoms with Gasteiger partial charge in [0, 0.05) is 11.6 Å². The molecule has 1 nitrogen and oxygen atoms in total. The highest BCUT2D eigenvalue weighted by Gasteiger charge is 1.97. The van der Waals surface area contributed by atoms with Gasteiger partial charge in [-0.2, -0.15) is 0 Å². The first kappa shape index (κ1) is 8.57. The van der Waals surface area contributed by atoms with Crippen molar-refractivity contribution in [2.24, 2.45) is 5.73 Å². The van der Waals surface area contributed by atoms with Crippen LogP contribution in [0.15, 0.2) is 18.2 Å². The average molecular weight is 170 g/mol. The van der Waals surface area contributed by atoms with E-state index in [1.54, 1.807) is 0 Å². The van der Waals surface area contributed by atoms with E-state index in [0.29, 0.717) is 6.54 Å². The van der Waals surface area contributed by atoms with Crippen LogP contribution in [0, 0.1) is 0 Å². The lowest BCUT2D eigenvalue weighted by Gasteiger charge is -2.02. The molecule has 0 heterocycles. The van der Waals surface area contributed by atoms with Crippen LogP contribution in [0.3, 0.4) is 0 Å². The summed E-state index contributed by atoms with van der Waals surface area (Å²) < 4.78 is 0. The predicted molar refractivity (Wildman–Crippen MR) is 48.7 cm³/mol. The Labute approximate surface area is 72.2 Å². The Kier molecular flexibility index (Phi) is 2.92. The first-order valence-electron chi connectivity index (χ1n) is 3.75. The molecule has 0 spiro atoms. The zero-order valence-corrected chi connectivity index (χ0v) is 7.36. The van der Waals surface area contributed by atoms with Crippen LogP contribution in [0.25, 0.3) is 0 Å². The van der Waals surface area contributed by atoms with Gasteiger partial charge in [0.15, 0.2) is 0 Å². The van der Waals surface area contributed by atoms with Gasteiger partial charge in [-0.1, -0.05) is 30.7 Å². The number of nitrogens with two attached hydrogens (primary N) is 1. The van der Waals surface area contributed by atoms with Gasteiger partial charge in [-0.15, -0.1) is 0 Å². The molecule has 0 amide bonds. The summed E-state index contributed by atoms with van der Waals surface area (Å²) in [5, 5.41) is 0.768. The van der Waals surface area contributed by atoms with Gasteiger partial charge in [-0.3, -0.25) is 0 Å². The van der Waals surface area contributed by atoms with E-state index in [1.165, 1.54) is 5.56 Å². The van der Waals surface area contributed by atoms with E-state index in [2.05, 4.69) is 13.0 Å². The minimum Gasteiger partial charge on any atom is -0.326 e. The lowest BCUT2D eigenvalue weighted by Crippen LogP contribution is -1.97. The summed E-state index contributed by atoms with van der Waals surface area (Å²) in [4.78, 5) is 0. The zero-order chi connectivity index (χ0) is 8.27. The molecule has 0 radical (unpaired) electrons. The second kappa shape index (κ2) is 3.74. The fraction of sp³-hybridized carbons (Fsp3) is 0.333. The number of hydrogen-bond acceptors (Lipinski definition) is 1. The van der Waals surface area contributed by atoms with E-state index in [0.717, 1.165) is 17.0 Å². The molecule has 0 aliphatic carbocycles. The summed E-state index contributed by atoms with van der Waals surface area (Å²) >= 11 is 5.87. The van der Waals surface area contributed by atoms with E-state index in [1.807, 2.05) is 12.1 Å². The molecule has 1 rings (SSSR count). The highest BCUT2D eigenvalue weighted by atomic mass is 35.5. The predicted octanol–water partition coefficient (Wildman–Crippen LogP) is 2.36. The standard InChI is InChI=1S/C9H12ClN/c1-2-7-3-4-9(10)8(5-7)6-11/h3-5H,2,6,11H2,1H3. The van der Waals surface area contributed by atoms with Crippen molar-refractivity contribution in [2.75, 3.05) is 0 Å². The molecule has 0 saturated carbocycles. The Bertz CT molecular complexity index is 245. The number of aryl methyl sites for hydroxylation is 1. The summed E-state index contributed by atoms with van der Waals surface area (Å²) in [7, 11) is 0. The molecule has 0 aliphatic heterocycles. The molecule has 0 bridgehead atoms. The van der Waals surface area contributed by atoms with Gasteiger partial charge in [0.1, 0.15) is 0 Å². The van der Waals surface area contributed by atoms with Crippen LogP contribution in [-0.4, -0.2) is 0 Å². The van der Waals surface area contributed by atoms with Gasteiger partial charge in [0.2, 0.25) is 0 Å². The molecular formula is C9H12ClN. The monoisotopic (exact) mass is 169 g/mol. The number of halogens is 1. The van der Waals surface area contributed by atoms with Crippen molar-refractivity contribution in [3.63, 3.8) is 0 Å². The third-order valence-electron chi connectivity index (χ3n) is 1.74. The lowest BCUT2D eigenvalue weighted by atomic mass is 10.1. The number of rotatable bonds is 2. The first-order chi connectivity index (χ1) is 5.27. The number of hydrogen-bond donors (Lipinski definition) is 1. The molecule has 0 atom stereocenters. The van der Waals surface area contributed by atoms with Gasteiger partial charge in [-0.25, -0.2) is 0 Å². The van der Waals surface area contributed by atoms with E-state index in [9.17, 15) is 0 Å². The maximum absolute atomic E-state index is 5.87. The van der Waals surface area contributed by atoms with Gasteiger partial charge in [0.25, 0.3) is 0 Å². The van der Waals surface area contributed by atoms with Crippen LogP contribution in [0.2, 0.25) is 5.02 Å². The quantitative estimate of drug-likeness (QED) is 0.723. The molecule has 11 heavy (non-hydrogen) atoms. The summed E-state index contributed by atoms with van der Waals surface area (Å²) in [6.07, 6.45) is 1.03. The van der Waals surface area contributed by atoms with Crippen molar-refractivity contribution < 1.29 is 0 Å². The Morgan fingerprint density at radius 3 is 2.73 bits per heavy atom. The maximum Gasteiger partial charge on any atom is 0.0451 e. The largest absolute Gasteiger partial charge is 0.326 e. The minimum atomic E-state index is 0.521. The fourth-order valence-electron chi connectivity index (χ4n) is 1.00. The Hall–Kier alpha value is -0.530. The Morgan fingerprint density at radius 2 is 2.18 bits per heavy atom. The Morgan fingerprint density at radius 1 is 1.45 bits per heavy atom. The minimum absolute atomic E-state index is 0.521. The fourth-order valence-corrected chi connectivity index (χ4v) is 1.20. The van der Waals surface area contributed by atoms with Gasteiger partial charge >= 0.3 is 0 Å². The summed E-state index contributed by atoms with van der Waals surface area (Å²) in [6.45, 7) is 2.64. The first-order valence-corrected chi connectivity index (χ1v) is 4.13. The van der Waals surface area contributed by atoms with E-state index < -0.39 is 0 Å². The van der Waals surface area contributed by atoms with Gasteiger partial charge in [-0.05, 0) is 23.6 Å². The Balaban J connectivity index is 3.02. The molecule has 0 fully saturated rings. The topological polar surface area (TPSA) is 26.0 Å². The van der Waals surface area contributed by atoms with Crippen molar-refractivity contribution in [3.8, 4) is 0 Å². The maximum atomic E-state index is 5.87. The van der Waals surface area contributed by atoms with Crippen LogP contribution in [0.5, 0.6) is 0 Å². The molecule has 1 aromatic carbocycles. The normalized spacial score (nSPS) is 10.1. The molecule has 0 aliphatic rings. The van der Waals surface area contributed by atoms with Crippen molar-refractivity contribution in [1.29, 1.82) is 0 Å². The van der Waals surface area contributed by atoms with Crippen molar-refractivity contribution >= 4 is 11.6 Å². The van der Waals surface area contributed by atoms with Crippen LogP contribution in [-0.2, 0) is 13.0 Å². The number of benzene rings is 1. The van der Waals surface area contributed by atoms with E-state index in [4.69, 9.17) is 17.3 Å². The van der Waals surface area contributed by atoms with Gasteiger partial charge in [0.05, 0.1) is 0 Å². The van der Waals surface area contributed by atoms with Crippen LogP contribution in [0.4, 0.5) is 0 Å². The molecule has 1 aromatic rings. The average Bonchev–Trinajstić information content (AvgIpc) is 2.05. The molecule has 2 heteroatoms. The molecular weight excluding hydrogens is 158 g/mol. The third-order valence-corrected chi connectivity index (χ3v) is 2.11. The second-order valence-corrected chi connectivity index (χ2v) is 2.89. The summed E-state index contributed by atoms with van der Waals surface area (Å²) in [5.41, 5.74) is 7.81. The van der Waals surface area contributed by atoms with Crippen LogP contribution < -0.4 is 5.73 Å². The second-order valence-electron chi connectivity index (χ2n) is 2.48. The van der Waals surface area contributed by atoms with E-state index >= 15 is 0 Å². The lowest BCUT2D eigenvalue weighted by molar-refractivity contribution is 1.05. The molecule has 2 N–H and O–H groups in total. The zero-order valence-electron chi connectivity index (χ0n) is 6.60. The summed E-state index contributed by atoms with van der Waals surface area (Å²) in [5.74, 6) is 0. The summed E-state index contributed by atoms with van der Waals surface area (Å²) in [6, 6.07) is 5.99.